The summed E-state index contributed by atoms with van der Waals surface area (Å²) in [6, 6.07) is -1.17. The third-order valence-electron chi connectivity index (χ3n) is 2.23. The summed E-state index contributed by atoms with van der Waals surface area (Å²) in [5.74, 6) is -1.21. The van der Waals surface area contributed by atoms with Crippen molar-refractivity contribution in [3.8, 4) is 0 Å². The molecule has 0 fully saturated rings. The van der Waals surface area contributed by atoms with E-state index in [2.05, 4.69) is 11.3 Å². The minimum absolute atomic E-state index is 0.0518. The van der Waals surface area contributed by atoms with Crippen molar-refractivity contribution >= 4 is 16.2 Å². The van der Waals surface area contributed by atoms with Gasteiger partial charge in [0.2, 0.25) is 0 Å². The highest BCUT2D eigenvalue weighted by atomic mass is 32.2. The Bertz CT molecular complexity index is 353. The van der Waals surface area contributed by atoms with Crippen LogP contribution in [0.5, 0.6) is 0 Å². The van der Waals surface area contributed by atoms with Crippen LogP contribution in [0.1, 0.15) is 26.2 Å². The monoisotopic (exact) mass is 264 g/mol. The molecule has 100 valence electrons. The lowest BCUT2D eigenvalue weighted by atomic mass is 10.2. The molecule has 0 spiro atoms. The van der Waals surface area contributed by atoms with Crippen LogP contribution in [0.2, 0.25) is 0 Å². The number of rotatable bonds is 9. The molecular formula is C10H20N2O4S. The Balaban J connectivity index is 4.59. The molecule has 0 aliphatic heterocycles. The van der Waals surface area contributed by atoms with Gasteiger partial charge in [0, 0.05) is 13.6 Å². The topological polar surface area (TPSA) is 86.7 Å². The molecule has 7 heteroatoms. The van der Waals surface area contributed by atoms with E-state index >= 15 is 0 Å². The summed E-state index contributed by atoms with van der Waals surface area (Å²) in [5, 5.41) is 8.83. The maximum absolute atomic E-state index is 11.7. The third-order valence-corrected chi connectivity index (χ3v) is 3.81. The van der Waals surface area contributed by atoms with Crippen LogP contribution in [-0.2, 0) is 15.0 Å². The summed E-state index contributed by atoms with van der Waals surface area (Å²) in [6.07, 6.45) is 3.02. The minimum Gasteiger partial charge on any atom is -0.480 e. The first-order valence-corrected chi connectivity index (χ1v) is 6.86. The van der Waals surface area contributed by atoms with Crippen molar-refractivity contribution in [3.05, 3.63) is 12.7 Å². The second kappa shape index (κ2) is 7.41. The summed E-state index contributed by atoms with van der Waals surface area (Å²) in [5.41, 5.74) is 0. The maximum atomic E-state index is 11.7. The third kappa shape index (κ3) is 5.81. The molecule has 0 aliphatic rings. The Labute approximate surface area is 102 Å². The van der Waals surface area contributed by atoms with Crippen LogP contribution >= 0.6 is 0 Å². The molecule has 6 nitrogen and oxygen atoms in total. The number of carboxylic acid groups (broad SMARTS) is 1. The van der Waals surface area contributed by atoms with E-state index in [9.17, 15) is 13.2 Å². The summed E-state index contributed by atoms with van der Waals surface area (Å²) in [4.78, 5) is 10.8. The molecule has 0 rings (SSSR count). The number of hydrogen-bond donors (Lipinski definition) is 2. The normalized spacial score (nSPS) is 13.6. The minimum atomic E-state index is -3.74. The molecule has 0 saturated heterocycles. The molecule has 0 bridgehead atoms. The lowest BCUT2D eigenvalue weighted by Gasteiger charge is -2.20. The smallest absolute Gasteiger partial charge is 0.322 e. The van der Waals surface area contributed by atoms with Gasteiger partial charge in [-0.1, -0.05) is 19.4 Å². The van der Waals surface area contributed by atoms with Gasteiger partial charge < -0.3 is 5.11 Å². The van der Waals surface area contributed by atoms with Gasteiger partial charge in [0.1, 0.15) is 6.04 Å². The first kappa shape index (κ1) is 16.1. The number of carboxylic acids is 1. The highest BCUT2D eigenvalue weighted by Gasteiger charge is 2.25. The van der Waals surface area contributed by atoms with Gasteiger partial charge in [-0.3, -0.25) is 4.79 Å². The fraction of sp³-hybridized carbons (Fsp3) is 0.700. The lowest BCUT2D eigenvalue weighted by Crippen LogP contribution is -2.47. The largest absolute Gasteiger partial charge is 0.480 e. The molecule has 1 unspecified atom stereocenters. The molecule has 0 aromatic carbocycles. The van der Waals surface area contributed by atoms with E-state index < -0.39 is 22.2 Å². The number of aliphatic carboxylic acids is 1. The van der Waals surface area contributed by atoms with Crippen LogP contribution < -0.4 is 4.72 Å². The summed E-state index contributed by atoms with van der Waals surface area (Å²) in [7, 11) is -2.32. The number of nitrogens with one attached hydrogen (secondary N) is 1. The SMILES string of the molecule is C=CCC(NS(=O)(=O)N(C)CCCC)C(=O)O. The Hall–Kier alpha value is -0.920. The van der Waals surface area contributed by atoms with Crippen LogP contribution in [0.25, 0.3) is 0 Å². The lowest BCUT2D eigenvalue weighted by molar-refractivity contribution is -0.138. The number of hydrogen-bond acceptors (Lipinski definition) is 3. The van der Waals surface area contributed by atoms with E-state index in [-0.39, 0.29) is 6.42 Å². The second-order valence-electron chi connectivity index (χ2n) is 3.71. The van der Waals surface area contributed by atoms with Crippen molar-refractivity contribution in [3.63, 3.8) is 0 Å². The average Bonchev–Trinajstić information content (AvgIpc) is 2.24. The van der Waals surface area contributed by atoms with E-state index in [0.717, 1.165) is 17.1 Å². The first-order valence-electron chi connectivity index (χ1n) is 5.42. The van der Waals surface area contributed by atoms with Gasteiger partial charge in [0.05, 0.1) is 0 Å². The molecule has 17 heavy (non-hydrogen) atoms. The Kier molecular flexibility index (Phi) is 7.01. The molecule has 0 saturated carbocycles. The molecule has 0 aromatic heterocycles. The highest BCUT2D eigenvalue weighted by molar-refractivity contribution is 7.87. The molecular weight excluding hydrogens is 244 g/mol. The van der Waals surface area contributed by atoms with Crippen molar-refractivity contribution in [2.24, 2.45) is 0 Å². The van der Waals surface area contributed by atoms with E-state index in [4.69, 9.17) is 5.11 Å². The van der Waals surface area contributed by atoms with Gasteiger partial charge in [-0.15, -0.1) is 6.58 Å². The fourth-order valence-corrected chi connectivity index (χ4v) is 2.24. The van der Waals surface area contributed by atoms with Crippen molar-refractivity contribution < 1.29 is 18.3 Å². The molecule has 0 amide bonds. The van der Waals surface area contributed by atoms with Crippen LogP contribution in [-0.4, -0.2) is 43.4 Å². The summed E-state index contributed by atoms with van der Waals surface area (Å²) >= 11 is 0. The van der Waals surface area contributed by atoms with E-state index in [1.54, 1.807) is 0 Å². The van der Waals surface area contributed by atoms with Crippen molar-refractivity contribution in [1.29, 1.82) is 0 Å². The van der Waals surface area contributed by atoms with Crippen LogP contribution in [0.3, 0.4) is 0 Å². The molecule has 0 aromatic rings. The molecule has 0 aliphatic carbocycles. The van der Waals surface area contributed by atoms with Crippen molar-refractivity contribution in [1.82, 2.24) is 9.03 Å². The molecule has 2 N–H and O–H groups in total. The predicted octanol–water partition coefficient (Wildman–Crippen LogP) is 0.582. The van der Waals surface area contributed by atoms with Crippen LogP contribution in [0.4, 0.5) is 0 Å². The van der Waals surface area contributed by atoms with Gasteiger partial charge >= 0.3 is 5.97 Å². The van der Waals surface area contributed by atoms with Gasteiger partial charge in [-0.25, -0.2) is 0 Å². The zero-order valence-electron chi connectivity index (χ0n) is 10.2. The van der Waals surface area contributed by atoms with Gasteiger partial charge in [0.15, 0.2) is 0 Å². The number of nitrogens with zero attached hydrogens (tertiary/aromatic N) is 1. The van der Waals surface area contributed by atoms with E-state index in [1.807, 2.05) is 6.92 Å². The quantitative estimate of drug-likeness (QED) is 0.596. The Morgan fingerprint density at radius 1 is 1.59 bits per heavy atom. The van der Waals surface area contributed by atoms with Crippen LogP contribution in [0, 0.1) is 0 Å². The summed E-state index contributed by atoms with van der Waals surface area (Å²) < 4.78 is 26.7. The zero-order valence-corrected chi connectivity index (χ0v) is 11.0. The summed E-state index contributed by atoms with van der Waals surface area (Å²) in [6.45, 7) is 5.71. The fourth-order valence-electron chi connectivity index (χ4n) is 1.14. The zero-order chi connectivity index (χ0) is 13.5. The van der Waals surface area contributed by atoms with E-state index in [0.29, 0.717) is 6.54 Å². The van der Waals surface area contributed by atoms with Gasteiger partial charge in [-0.05, 0) is 12.8 Å². The van der Waals surface area contributed by atoms with Crippen molar-refractivity contribution in [2.75, 3.05) is 13.6 Å². The molecule has 0 radical (unpaired) electrons. The highest BCUT2D eigenvalue weighted by Crippen LogP contribution is 2.02. The predicted molar refractivity (Wildman–Crippen MR) is 65.8 cm³/mol. The first-order chi connectivity index (χ1) is 7.85. The Morgan fingerprint density at radius 3 is 2.59 bits per heavy atom. The average molecular weight is 264 g/mol. The van der Waals surface area contributed by atoms with Crippen molar-refractivity contribution in [2.45, 2.75) is 32.2 Å². The molecule has 0 heterocycles. The number of unbranched alkanes of at least 4 members (excludes halogenated alkanes) is 1. The maximum Gasteiger partial charge on any atom is 0.322 e. The van der Waals surface area contributed by atoms with Gasteiger partial charge in [0.25, 0.3) is 10.2 Å². The Morgan fingerprint density at radius 2 is 2.18 bits per heavy atom. The van der Waals surface area contributed by atoms with Crippen LogP contribution in [0.15, 0.2) is 12.7 Å². The second-order valence-corrected chi connectivity index (χ2v) is 5.52. The number of carbonyl (C=O) groups is 1. The standard InChI is InChI=1S/C10H20N2O4S/c1-4-6-8-12(3)17(15,16)11-9(7-5-2)10(13)14/h5,9,11H,2,4,6-8H2,1,3H3,(H,13,14). The molecule has 1 atom stereocenters. The van der Waals surface area contributed by atoms with E-state index in [1.165, 1.54) is 13.1 Å². The van der Waals surface area contributed by atoms with Gasteiger partial charge in [-0.2, -0.15) is 17.4 Å².